The molecule has 142 valence electrons. The summed E-state index contributed by atoms with van der Waals surface area (Å²) in [5.74, 6) is 0.0525. The van der Waals surface area contributed by atoms with Crippen LogP contribution in [0.2, 0.25) is 0 Å². The predicted molar refractivity (Wildman–Crippen MR) is 109 cm³/mol. The van der Waals surface area contributed by atoms with Crippen LogP contribution in [-0.4, -0.2) is 85.5 Å². The first-order chi connectivity index (χ1) is 12.5. The number of nitrogens with zero attached hydrogens (tertiary/aromatic N) is 4. The van der Waals surface area contributed by atoms with Gasteiger partial charge in [-0.05, 0) is 32.6 Å². The molecular weight excluding hydrogens is 346 g/mol. The van der Waals surface area contributed by atoms with E-state index in [4.69, 9.17) is 0 Å². The van der Waals surface area contributed by atoms with E-state index in [1.807, 2.05) is 25.1 Å². The topological polar surface area (TPSA) is 51.7 Å². The molecule has 1 aliphatic rings. The Morgan fingerprint density at radius 2 is 1.88 bits per heavy atom. The average Bonchev–Trinajstić information content (AvgIpc) is 3.03. The van der Waals surface area contributed by atoms with E-state index in [9.17, 15) is 4.79 Å². The second-order valence-corrected chi connectivity index (χ2v) is 8.26. The predicted octanol–water partition coefficient (Wildman–Crippen LogP) is 2.11. The van der Waals surface area contributed by atoms with Crippen molar-refractivity contribution in [3.63, 3.8) is 0 Å². The number of aryl methyl sites for hydroxylation is 1. The van der Waals surface area contributed by atoms with Crippen LogP contribution in [0, 0.1) is 6.92 Å². The van der Waals surface area contributed by atoms with Gasteiger partial charge in [-0.15, -0.1) is 0 Å². The molecule has 2 aromatic rings. The molecule has 1 amide bonds. The van der Waals surface area contributed by atoms with Crippen molar-refractivity contribution in [3.05, 3.63) is 23.8 Å². The van der Waals surface area contributed by atoms with Crippen molar-refractivity contribution in [2.24, 2.45) is 0 Å². The van der Waals surface area contributed by atoms with Gasteiger partial charge in [0, 0.05) is 52.2 Å². The molecule has 0 radical (unpaired) electrons. The zero-order valence-electron chi connectivity index (χ0n) is 16.0. The highest BCUT2D eigenvalue weighted by atomic mass is 32.1. The highest BCUT2D eigenvalue weighted by Crippen LogP contribution is 2.27. The smallest absolute Gasteiger partial charge is 0.227 e. The van der Waals surface area contributed by atoms with Crippen molar-refractivity contribution in [2.75, 3.05) is 65.2 Å². The minimum Gasteiger partial charge on any atom is -0.308 e. The van der Waals surface area contributed by atoms with Gasteiger partial charge in [-0.3, -0.25) is 9.69 Å². The van der Waals surface area contributed by atoms with Gasteiger partial charge in [0.05, 0.1) is 10.2 Å². The molecule has 0 saturated carbocycles. The molecule has 0 aliphatic carbocycles. The van der Waals surface area contributed by atoms with Gasteiger partial charge in [0.15, 0.2) is 5.13 Å². The third-order valence-electron chi connectivity index (χ3n) is 4.85. The molecule has 0 bridgehead atoms. The molecule has 0 atom stereocenters. The van der Waals surface area contributed by atoms with Crippen LogP contribution >= 0.6 is 11.3 Å². The second-order valence-electron chi connectivity index (χ2n) is 7.23. The number of fused-ring (bicyclic) bond motifs is 1. The number of likely N-dealkylation sites (N-methyl/N-ethyl adjacent to an activating group) is 1. The molecule has 7 heteroatoms. The Labute approximate surface area is 159 Å². The lowest BCUT2D eigenvalue weighted by Gasteiger charge is -2.35. The molecule has 1 saturated heterocycles. The maximum Gasteiger partial charge on any atom is 0.227 e. The zero-order chi connectivity index (χ0) is 18.5. The Hall–Kier alpha value is -1.54. The Morgan fingerprint density at radius 1 is 1.19 bits per heavy atom. The number of hydrogen-bond donors (Lipinski definition) is 1. The van der Waals surface area contributed by atoms with Gasteiger partial charge >= 0.3 is 0 Å². The van der Waals surface area contributed by atoms with Crippen LogP contribution in [-0.2, 0) is 4.79 Å². The number of anilines is 1. The average molecular weight is 376 g/mol. The Kier molecular flexibility index (Phi) is 6.58. The largest absolute Gasteiger partial charge is 0.308 e. The van der Waals surface area contributed by atoms with Crippen LogP contribution in [0.4, 0.5) is 5.13 Å². The van der Waals surface area contributed by atoms with Crippen LogP contribution in [0.1, 0.15) is 12.0 Å². The molecule has 1 aromatic heterocycles. The summed E-state index contributed by atoms with van der Waals surface area (Å²) >= 11 is 1.54. The van der Waals surface area contributed by atoms with Crippen molar-refractivity contribution in [3.8, 4) is 0 Å². The molecule has 2 heterocycles. The summed E-state index contributed by atoms with van der Waals surface area (Å²) in [7, 11) is 4.23. The first-order valence-electron chi connectivity index (χ1n) is 9.27. The Morgan fingerprint density at radius 3 is 2.54 bits per heavy atom. The first kappa shape index (κ1) is 19.2. The van der Waals surface area contributed by atoms with E-state index < -0.39 is 0 Å². The van der Waals surface area contributed by atoms with Gasteiger partial charge < -0.3 is 15.1 Å². The number of para-hydroxylation sites is 1. The molecule has 1 aliphatic heterocycles. The molecule has 26 heavy (non-hydrogen) atoms. The van der Waals surface area contributed by atoms with Crippen LogP contribution in [0.25, 0.3) is 10.2 Å². The highest BCUT2D eigenvalue weighted by Gasteiger charge is 2.17. The number of aromatic nitrogens is 1. The molecule has 0 unspecified atom stereocenters. The number of carbonyl (C=O) groups is 1. The standard InChI is InChI=1S/C19H29N5OS/c1-15-5-4-6-16-18(15)21-19(26-16)20-17(25)7-8-23-11-13-24(14-12-23)10-9-22(2)3/h4-6H,7-14H2,1-3H3,(H,20,21,25). The lowest BCUT2D eigenvalue weighted by molar-refractivity contribution is -0.116. The fraction of sp³-hybridized carbons (Fsp3) is 0.579. The monoisotopic (exact) mass is 375 g/mol. The van der Waals surface area contributed by atoms with Crippen molar-refractivity contribution in [2.45, 2.75) is 13.3 Å². The van der Waals surface area contributed by atoms with Gasteiger partial charge in [0.2, 0.25) is 5.91 Å². The summed E-state index contributed by atoms with van der Waals surface area (Å²) in [5, 5.41) is 3.67. The summed E-state index contributed by atoms with van der Waals surface area (Å²) in [6.07, 6.45) is 0.520. The maximum atomic E-state index is 12.3. The van der Waals surface area contributed by atoms with E-state index in [2.05, 4.69) is 39.1 Å². The van der Waals surface area contributed by atoms with Crippen molar-refractivity contribution in [1.82, 2.24) is 19.7 Å². The number of thiazole rings is 1. The van der Waals surface area contributed by atoms with Gasteiger partial charge in [-0.1, -0.05) is 23.5 Å². The Bertz CT molecular complexity index is 737. The number of hydrogen-bond acceptors (Lipinski definition) is 6. The summed E-state index contributed by atoms with van der Waals surface area (Å²) in [6.45, 7) is 9.35. The van der Waals surface area contributed by atoms with Gasteiger partial charge in [-0.25, -0.2) is 4.98 Å². The van der Waals surface area contributed by atoms with E-state index in [-0.39, 0.29) is 5.91 Å². The lowest BCUT2D eigenvalue weighted by atomic mass is 10.2. The number of amides is 1. The highest BCUT2D eigenvalue weighted by molar-refractivity contribution is 7.22. The molecular formula is C19H29N5OS. The molecule has 1 fully saturated rings. The third-order valence-corrected chi connectivity index (χ3v) is 5.79. The molecule has 1 N–H and O–H groups in total. The van der Waals surface area contributed by atoms with E-state index in [1.165, 1.54) is 0 Å². The molecule has 1 aromatic carbocycles. The number of rotatable bonds is 7. The van der Waals surface area contributed by atoms with E-state index in [0.29, 0.717) is 11.6 Å². The summed E-state index contributed by atoms with van der Waals surface area (Å²) in [5.41, 5.74) is 2.13. The van der Waals surface area contributed by atoms with Crippen LogP contribution in [0.5, 0.6) is 0 Å². The summed E-state index contributed by atoms with van der Waals surface area (Å²) in [6, 6.07) is 6.12. The van der Waals surface area contributed by atoms with Gasteiger partial charge in [-0.2, -0.15) is 0 Å². The van der Waals surface area contributed by atoms with Crippen LogP contribution in [0.3, 0.4) is 0 Å². The van der Waals surface area contributed by atoms with Gasteiger partial charge in [0.25, 0.3) is 0 Å². The third kappa shape index (κ3) is 5.23. The van der Waals surface area contributed by atoms with Crippen LogP contribution < -0.4 is 5.32 Å². The van der Waals surface area contributed by atoms with Crippen molar-refractivity contribution in [1.29, 1.82) is 0 Å². The molecule has 0 spiro atoms. The van der Waals surface area contributed by atoms with E-state index in [0.717, 1.165) is 61.6 Å². The van der Waals surface area contributed by atoms with Crippen molar-refractivity contribution < 1.29 is 4.79 Å². The number of piperazine rings is 1. The number of nitrogens with one attached hydrogen (secondary N) is 1. The normalized spacial score (nSPS) is 16.5. The number of benzene rings is 1. The second kappa shape index (κ2) is 8.90. The number of carbonyl (C=O) groups excluding carboxylic acids is 1. The fourth-order valence-corrected chi connectivity index (χ4v) is 4.12. The fourth-order valence-electron chi connectivity index (χ4n) is 3.16. The minimum absolute atomic E-state index is 0.0525. The minimum atomic E-state index is 0.0525. The molecule has 3 rings (SSSR count). The summed E-state index contributed by atoms with van der Waals surface area (Å²) in [4.78, 5) is 23.9. The zero-order valence-corrected chi connectivity index (χ0v) is 16.8. The SMILES string of the molecule is Cc1cccc2sc(NC(=O)CCN3CCN(CCN(C)C)CC3)nc12. The van der Waals surface area contributed by atoms with E-state index >= 15 is 0 Å². The maximum absolute atomic E-state index is 12.3. The quantitative estimate of drug-likeness (QED) is 0.803. The first-order valence-corrected chi connectivity index (χ1v) is 10.1. The molecule has 6 nitrogen and oxygen atoms in total. The van der Waals surface area contributed by atoms with E-state index in [1.54, 1.807) is 11.3 Å². The lowest BCUT2D eigenvalue weighted by Crippen LogP contribution is -2.48. The van der Waals surface area contributed by atoms with Crippen molar-refractivity contribution >= 4 is 32.6 Å². The Balaban J connectivity index is 1.41. The van der Waals surface area contributed by atoms with Crippen LogP contribution in [0.15, 0.2) is 18.2 Å². The van der Waals surface area contributed by atoms with Gasteiger partial charge in [0.1, 0.15) is 0 Å². The summed E-state index contributed by atoms with van der Waals surface area (Å²) < 4.78 is 1.12.